The van der Waals surface area contributed by atoms with Crippen molar-refractivity contribution in [2.45, 2.75) is 19.4 Å². The summed E-state index contributed by atoms with van der Waals surface area (Å²) < 4.78 is 5.69. The van der Waals surface area contributed by atoms with Crippen molar-refractivity contribution in [1.82, 2.24) is 10.2 Å². The van der Waals surface area contributed by atoms with Crippen LogP contribution in [0.4, 0.5) is 11.5 Å². The minimum atomic E-state index is -0.266. The maximum atomic E-state index is 12.2. The van der Waals surface area contributed by atoms with E-state index in [1.165, 1.54) is 0 Å². The fourth-order valence-corrected chi connectivity index (χ4v) is 2.54. The molecule has 0 aliphatic carbocycles. The molecule has 3 rings (SSSR count). The van der Waals surface area contributed by atoms with E-state index < -0.39 is 0 Å². The van der Waals surface area contributed by atoms with Gasteiger partial charge in [-0.2, -0.15) is 0 Å². The molecule has 1 aliphatic rings. The van der Waals surface area contributed by atoms with Crippen LogP contribution in [0.2, 0.25) is 0 Å². The number of morpholine rings is 1. The molecule has 0 unspecified atom stereocenters. The highest BCUT2D eigenvalue weighted by molar-refractivity contribution is 6.02. The molecule has 2 heterocycles. The highest BCUT2D eigenvalue weighted by Crippen LogP contribution is 2.21. The number of hydrogen-bond acceptors (Lipinski definition) is 5. The number of carbonyl (C=O) groups is 1. The van der Waals surface area contributed by atoms with Crippen molar-refractivity contribution in [3.63, 3.8) is 0 Å². The average Bonchev–Trinajstić information content (AvgIpc) is 2.55. The van der Waals surface area contributed by atoms with Crippen LogP contribution in [0.5, 0.6) is 0 Å². The molecule has 1 amide bonds. The van der Waals surface area contributed by atoms with E-state index in [9.17, 15) is 4.79 Å². The summed E-state index contributed by atoms with van der Waals surface area (Å²) in [7, 11) is 0. The highest BCUT2D eigenvalue weighted by atomic mass is 16.5. The Morgan fingerprint density at radius 1 is 1.17 bits per heavy atom. The Labute approximate surface area is 135 Å². The standard InChI is InChI=1S/C17H20N4O2/c1-17(2)12-21(10-11-23-17)15-9-8-14(19-20-15)16(22)18-13-6-4-3-5-7-13/h3-9H,10-12H2,1-2H3,(H,18,22). The normalized spacial score (nSPS) is 16.9. The number of benzene rings is 1. The third kappa shape index (κ3) is 3.84. The lowest BCUT2D eigenvalue weighted by molar-refractivity contribution is -0.0279. The van der Waals surface area contributed by atoms with E-state index in [1.807, 2.05) is 50.2 Å². The molecule has 1 N–H and O–H groups in total. The molecule has 23 heavy (non-hydrogen) atoms. The van der Waals surface area contributed by atoms with Crippen LogP contribution in [0.25, 0.3) is 0 Å². The topological polar surface area (TPSA) is 67.4 Å². The van der Waals surface area contributed by atoms with E-state index in [4.69, 9.17) is 4.74 Å². The first-order valence-corrected chi connectivity index (χ1v) is 7.63. The third-order valence-electron chi connectivity index (χ3n) is 3.66. The molecule has 1 fully saturated rings. The number of amides is 1. The van der Waals surface area contributed by atoms with Crippen LogP contribution < -0.4 is 10.2 Å². The summed E-state index contributed by atoms with van der Waals surface area (Å²) in [6, 6.07) is 12.8. The largest absolute Gasteiger partial charge is 0.372 e. The number of anilines is 2. The van der Waals surface area contributed by atoms with Gasteiger partial charge in [0, 0.05) is 18.8 Å². The molecule has 0 atom stereocenters. The zero-order valence-electron chi connectivity index (χ0n) is 13.3. The second-order valence-electron chi connectivity index (χ2n) is 6.13. The fourth-order valence-electron chi connectivity index (χ4n) is 2.54. The molecule has 120 valence electrons. The molecule has 1 saturated heterocycles. The van der Waals surface area contributed by atoms with Crippen molar-refractivity contribution in [2.24, 2.45) is 0 Å². The summed E-state index contributed by atoms with van der Waals surface area (Å²) in [6.45, 7) is 6.28. The lowest BCUT2D eigenvalue weighted by Crippen LogP contribution is -2.48. The molecule has 6 heteroatoms. The van der Waals surface area contributed by atoms with Crippen LogP contribution >= 0.6 is 0 Å². The number of ether oxygens (including phenoxy) is 1. The van der Waals surface area contributed by atoms with Crippen molar-refractivity contribution >= 4 is 17.4 Å². The van der Waals surface area contributed by atoms with Gasteiger partial charge in [-0.3, -0.25) is 4.79 Å². The molecule has 1 aromatic carbocycles. The third-order valence-corrected chi connectivity index (χ3v) is 3.66. The molecule has 1 aromatic heterocycles. The summed E-state index contributed by atoms with van der Waals surface area (Å²) in [5.41, 5.74) is 0.826. The second-order valence-corrected chi connectivity index (χ2v) is 6.13. The molecule has 2 aromatic rings. The van der Waals surface area contributed by atoms with Gasteiger partial charge in [0.05, 0.1) is 12.2 Å². The maximum absolute atomic E-state index is 12.2. The smallest absolute Gasteiger partial charge is 0.276 e. The summed E-state index contributed by atoms with van der Waals surface area (Å²) in [6.07, 6.45) is 0. The molecular formula is C17H20N4O2. The first kappa shape index (κ1) is 15.4. The zero-order valence-corrected chi connectivity index (χ0v) is 13.3. The summed E-state index contributed by atoms with van der Waals surface area (Å²) >= 11 is 0. The number of carbonyl (C=O) groups excluding carboxylic acids is 1. The number of nitrogens with zero attached hydrogens (tertiary/aromatic N) is 3. The fraction of sp³-hybridized carbons (Fsp3) is 0.353. The van der Waals surface area contributed by atoms with Gasteiger partial charge in [0.15, 0.2) is 11.5 Å². The predicted molar refractivity (Wildman–Crippen MR) is 88.7 cm³/mol. The van der Waals surface area contributed by atoms with E-state index in [2.05, 4.69) is 20.4 Å². The minimum absolute atomic E-state index is 0.205. The Balaban J connectivity index is 1.68. The van der Waals surface area contributed by atoms with Gasteiger partial charge in [0.1, 0.15) is 0 Å². The van der Waals surface area contributed by atoms with Crippen LogP contribution in [-0.2, 0) is 4.74 Å². The average molecular weight is 312 g/mol. The lowest BCUT2D eigenvalue weighted by Gasteiger charge is -2.38. The van der Waals surface area contributed by atoms with Gasteiger partial charge in [0.2, 0.25) is 0 Å². The van der Waals surface area contributed by atoms with Crippen molar-refractivity contribution < 1.29 is 9.53 Å². The zero-order chi connectivity index (χ0) is 16.3. The second kappa shape index (κ2) is 6.34. The van der Waals surface area contributed by atoms with Gasteiger partial charge >= 0.3 is 0 Å². The van der Waals surface area contributed by atoms with Gasteiger partial charge in [-0.1, -0.05) is 18.2 Å². The Kier molecular flexibility index (Phi) is 4.25. The Morgan fingerprint density at radius 3 is 2.61 bits per heavy atom. The van der Waals surface area contributed by atoms with E-state index in [1.54, 1.807) is 6.07 Å². The SMILES string of the molecule is CC1(C)CN(c2ccc(C(=O)Nc3ccccc3)nn2)CCO1. The highest BCUT2D eigenvalue weighted by Gasteiger charge is 2.28. The van der Waals surface area contributed by atoms with Gasteiger partial charge in [-0.05, 0) is 38.1 Å². The van der Waals surface area contributed by atoms with Gasteiger partial charge < -0.3 is 15.0 Å². The molecule has 0 spiro atoms. The first-order chi connectivity index (χ1) is 11.0. The van der Waals surface area contributed by atoms with Crippen molar-refractivity contribution in [2.75, 3.05) is 29.9 Å². The molecule has 0 radical (unpaired) electrons. The molecule has 0 bridgehead atoms. The van der Waals surface area contributed by atoms with Gasteiger partial charge in [-0.25, -0.2) is 0 Å². The van der Waals surface area contributed by atoms with Crippen LogP contribution in [-0.4, -0.2) is 41.4 Å². The van der Waals surface area contributed by atoms with Crippen LogP contribution in [0.3, 0.4) is 0 Å². The van der Waals surface area contributed by atoms with Crippen molar-refractivity contribution in [3.8, 4) is 0 Å². The van der Waals surface area contributed by atoms with Gasteiger partial charge in [-0.15, -0.1) is 10.2 Å². The number of hydrogen-bond donors (Lipinski definition) is 1. The lowest BCUT2D eigenvalue weighted by atomic mass is 10.1. The van der Waals surface area contributed by atoms with Gasteiger partial charge in [0.25, 0.3) is 5.91 Å². The van der Waals surface area contributed by atoms with E-state index in [-0.39, 0.29) is 11.5 Å². The van der Waals surface area contributed by atoms with Crippen molar-refractivity contribution in [1.29, 1.82) is 0 Å². The van der Waals surface area contributed by atoms with Crippen molar-refractivity contribution in [3.05, 3.63) is 48.2 Å². The molecule has 0 saturated carbocycles. The predicted octanol–water partition coefficient (Wildman–Crippen LogP) is 2.34. The number of aromatic nitrogens is 2. The van der Waals surface area contributed by atoms with Crippen LogP contribution in [0.1, 0.15) is 24.3 Å². The Morgan fingerprint density at radius 2 is 1.96 bits per heavy atom. The Hall–Kier alpha value is -2.47. The monoisotopic (exact) mass is 312 g/mol. The van der Waals surface area contributed by atoms with E-state index in [0.29, 0.717) is 12.3 Å². The minimum Gasteiger partial charge on any atom is -0.372 e. The molecule has 1 aliphatic heterocycles. The summed E-state index contributed by atoms with van der Waals surface area (Å²) in [5.74, 6) is 0.496. The summed E-state index contributed by atoms with van der Waals surface area (Å²) in [4.78, 5) is 14.3. The number of nitrogens with one attached hydrogen (secondary N) is 1. The molecular weight excluding hydrogens is 292 g/mol. The van der Waals surface area contributed by atoms with E-state index >= 15 is 0 Å². The summed E-state index contributed by atoms with van der Waals surface area (Å²) in [5, 5.41) is 11.0. The number of para-hydroxylation sites is 1. The van der Waals surface area contributed by atoms with Crippen LogP contribution in [0, 0.1) is 0 Å². The maximum Gasteiger partial charge on any atom is 0.276 e. The molecule has 6 nitrogen and oxygen atoms in total. The Bertz CT molecular complexity index is 671. The first-order valence-electron chi connectivity index (χ1n) is 7.63. The van der Waals surface area contributed by atoms with E-state index in [0.717, 1.165) is 24.6 Å². The quantitative estimate of drug-likeness (QED) is 0.942. The van der Waals surface area contributed by atoms with Crippen LogP contribution in [0.15, 0.2) is 42.5 Å². The number of rotatable bonds is 3.